The minimum absolute atomic E-state index is 0.597. The van der Waals surface area contributed by atoms with Crippen molar-refractivity contribution in [2.75, 3.05) is 13.6 Å². The van der Waals surface area contributed by atoms with Gasteiger partial charge in [0.05, 0.1) is 3.42 Å². The maximum atomic E-state index is 2.78. The smallest absolute Gasteiger partial charge is 0.0548 e. The fourth-order valence-corrected chi connectivity index (χ4v) is 5.79. The van der Waals surface area contributed by atoms with Crippen LogP contribution in [0.1, 0.15) is 26.7 Å². The zero-order valence-electron chi connectivity index (χ0n) is 9.20. The molecule has 4 unspecified atom stereocenters. The van der Waals surface area contributed by atoms with Gasteiger partial charge >= 0.3 is 0 Å². The third-order valence-corrected chi connectivity index (χ3v) is 6.39. The van der Waals surface area contributed by atoms with Gasteiger partial charge < -0.3 is 4.90 Å². The van der Waals surface area contributed by atoms with Crippen molar-refractivity contribution in [1.29, 1.82) is 0 Å². The van der Waals surface area contributed by atoms with Crippen molar-refractivity contribution in [2.45, 2.75) is 54.3 Å². The molecule has 0 aromatic rings. The fourth-order valence-electron chi connectivity index (χ4n) is 3.97. The van der Waals surface area contributed by atoms with Gasteiger partial charge in [-0.05, 0) is 33.7 Å². The summed E-state index contributed by atoms with van der Waals surface area (Å²) in [5, 5.41) is 0. The Morgan fingerprint density at radius 3 is 2.71 bits per heavy atom. The van der Waals surface area contributed by atoms with Gasteiger partial charge in [-0.15, -0.1) is 0 Å². The van der Waals surface area contributed by atoms with Crippen molar-refractivity contribution >= 4 is 22.6 Å². The number of hydrogen-bond acceptors (Lipinski definition) is 2. The van der Waals surface area contributed by atoms with Crippen LogP contribution in [0.2, 0.25) is 0 Å². The van der Waals surface area contributed by atoms with Crippen LogP contribution in [-0.4, -0.2) is 51.0 Å². The van der Waals surface area contributed by atoms with Gasteiger partial charge in [0.25, 0.3) is 0 Å². The molecule has 80 valence electrons. The second-order valence-electron chi connectivity index (χ2n) is 5.53. The Bertz CT molecular complexity index is 268. The molecule has 0 aromatic heterocycles. The molecule has 0 amide bonds. The molecule has 0 radical (unpaired) electrons. The first-order valence-corrected chi connectivity index (χ1v) is 6.78. The van der Waals surface area contributed by atoms with Crippen LogP contribution in [-0.2, 0) is 0 Å². The molecule has 0 aromatic carbocycles. The normalized spacial score (nSPS) is 52.5. The van der Waals surface area contributed by atoms with Crippen LogP contribution in [0.25, 0.3) is 0 Å². The summed E-state index contributed by atoms with van der Waals surface area (Å²) in [7, 11) is 2.31. The summed E-state index contributed by atoms with van der Waals surface area (Å²) in [5.41, 5.74) is 0. The molecule has 1 saturated carbocycles. The Kier molecular flexibility index (Phi) is 2.01. The maximum absolute atomic E-state index is 2.78. The van der Waals surface area contributed by atoms with Crippen LogP contribution in [0.3, 0.4) is 0 Å². The van der Waals surface area contributed by atoms with Gasteiger partial charge in [0.15, 0.2) is 0 Å². The lowest BCUT2D eigenvalue weighted by Gasteiger charge is -2.54. The van der Waals surface area contributed by atoms with Gasteiger partial charge in [-0.1, -0.05) is 22.6 Å². The Morgan fingerprint density at radius 2 is 2.07 bits per heavy atom. The van der Waals surface area contributed by atoms with E-state index in [1.807, 2.05) is 0 Å². The second-order valence-corrected chi connectivity index (χ2v) is 7.54. The van der Waals surface area contributed by atoms with E-state index in [-0.39, 0.29) is 0 Å². The SMILES string of the molecule is CC(C)N1C2CN(C)C3CC1C3(I)C2. The van der Waals surface area contributed by atoms with Crippen molar-refractivity contribution in [3.8, 4) is 0 Å². The molecule has 2 heterocycles. The van der Waals surface area contributed by atoms with E-state index in [9.17, 15) is 0 Å². The van der Waals surface area contributed by atoms with E-state index in [4.69, 9.17) is 0 Å². The minimum Gasteiger partial charge on any atom is -0.300 e. The summed E-state index contributed by atoms with van der Waals surface area (Å²) in [6, 6.07) is 3.31. The summed E-state index contributed by atoms with van der Waals surface area (Å²) < 4.78 is 0.597. The third-order valence-electron chi connectivity index (χ3n) is 4.51. The summed E-state index contributed by atoms with van der Waals surface area (Å²) in [6.07, 6.45) is 2.85. The number of alkyl halides is 1. The van der Waals surface area contributed by atoms with Crippen LogP contribution in [0.5, 0.6) is 0 Å². The summed E-state index contributed by atoms with van der Waals surface area (Å²) in [5.74, 6) is 0. The van der Waals surface area contributed by atoms with E-state index in [0.717, 1.165) is 24.2 Å². The van der Waals surface area contributed by atoms with Gasteiger partial charge in [0.1, 0.15) is 0 Å². The largest absolute Gasteiger partial charge is 0.300 e. The molecule has 3 aliphatic rings. The molecule has 1 aliphatic carbocycles. The van der Waals surface area contributed by atoms with E-state index in [1.54, 1.807) is 0 Å². The lowest BCUT2D eigenvalue weighted by molar-refractivity contribution is 0.0782. The highest BCUT2D eigenvalue weighted by atomic mass is 127. The first-order valence-electron chi connectivity index (χ1n) is 5.70. The molecule has 0 spiro atoms. The standard InChI is InChI=1S/C11H19IN2/c1-7(2)14-8-5-11(12)9(4-10(11)14)13(3)6-8/h7-10H,4-6H2,1-3H3. The highest BCUT2D eigenvalue weighted by molar-refractivity contribution is 14.1. The summed E-state index contributed by atoms with van der Waals surface area (Å²) in [6.45, 7) is 6.01. The average molecular weight is 306 g/mol. The lowest BCUT2D eigenvalue weighted by Crippen LogP contribution is -2.65. The Balaban J connectivity index is 1.95. The number of halogens is 1. The topological polar surface area (TPSA) is 6.48 Å². The molecular weight excluding hydrogens is 287 g/mol. The van der Waals surface area contributed by atoms with E-state index >= 15 is 0 Å². The molecule has 4 atom stereocenters. The summed E-state index contributed by atoms with van der Waals surface area (Å²) in [4.78, 5) is 5.38. The Hall–Kier alpha value is 0.650. The second kappa shape index (κ2) is 2.86. The number of rotatable bonds is 1. The Labute approximate surface area is 100 Å². The number of piperidine rings is 1. The predicted octanol–water partition coefficient (Wildman–Crippen LogP) is 1.73. The number of fused-ring (bicyclic) bond motifs is 1. The fraction of sp³-hybridized carbons (Fsp3) is 1.00. The van der Waals surface area contributed by atoms with Crippen LogP contribution >= 0.6 is 22.6 Å². The molecule has 3 fully saturated rings. The van der Waals surface area contributed by atoms with E-state index < -0.39 is 0 Å². The number of likely N-dealkylation sites (tertiary alicyclic amines) is 2. The van der Waals surface area contributed by atoms with Crippen LogP contribution < -0.4 is 0 Å². The lowest BCUT2D eigenvalue weighted by atomic mass is 9.72. The highest BCUT2D eigenvalue weighted by Gasteiger charge is 2.66. The zero-order valence-corrected chi connectivity index (χ0v) is 11.4. The number of likely N-dealkylation sites (N-methyl/N-ethyl adjacent to an activating group) is 1. The molecule has 3 heteroatoms. The third kappa shape index (κ3) is 0.990. The highest BCUT2D eigenvalue weighted by Crippen LogP contribution is 2.58. The van der Waals surface area contributed by atoms with Gasteiger partial charge in [0.2, 0.25) is 0 Å². The molecule has 3 rings (SSSR count). The van der Waals surface area contributed by atoms with Crippen molar-refractivity contribution in [3.63, 3.8) is 0 Å². The average Bonchev–Trinajstić information content (AvgIpc) is 2.20. The van der Waals surface area contributed by atoms with E-state index in [0.29, 0.717) is 3.42 Å². The Morgan fingerprint density at radius 1 is 1.36 bits per heavy atom. The number of nitrogens with zero attached hydrogens (tertiary/aromatic N) is 2. The first-order chi connectivity index (χ1) is 6.54. The van der Waals surface area contributed by atoms with Crippen molar-refractivity contribution < 1.29 is 0 Å². The molecule has 2 bridgehead atoms. The minimum atomic E-state index is 0.597. The van der Waals surface area contributed by atoms with Crippen LogP contribution in [0.15, 0.2) is 0 Å². The van der Waals surface area contributed by atoms with Crippen LogP contribution in [0, 0.1) is 0 Å². The van der Waals surface area contributed by atoms with Gasteiger partial charge in [-0.25, -0.2) is 0 Å². The predicted molar refractivity (Wildman–Crippen MR) is 67.0 cm³/mol. The molecule has 2 aliphatic heterocycles. The van der Waals surface area contributed by atoms with Crippen molar-refractivity contribution in [3.05, 3.63) is 0 Å². The molecular formula is C11H19IN2. The van der Waals surface area contributed by atoms with Crippen molar-refractivity contribution in [1.82, 2.24) is 9.80 Å². The van der Waals surface area contributed by atoms with Crippen LogP contribution in [0.4, 0.5) is 0 Å². The van der Waals surface area contributed by atoms with E-state index in [2.05, 4.69) is 53.3 Å². The van der Waals surface area contributed by atoms with Gasteiger partial charge in [-0.3, -0.25) is 4.90 Å². The van der Waals surface area contributed by atoms with Crippen molar-refractivity contribution in [2.24, 2.45) is 0 Å². The van der Waals surface area contributed by atoms with Gasteiger partial charge in [0, 0.05) is 30.7 Å². The molecule has 2 nitrogen and oxygen atoms in total. The first kappa shape index (κ1) is 9.85. The van der Waals surface area contributed by atoms with E-state index in [1.165, 1.54) is 19.4 Å². The number of hydrogen-bond donors (Lipinski definition) is 0. The zero-order chi connectivity index (χ0) is 10.1. The van der Waals surface area contributed by atoms with Gasteiger partial charge in [-0.2, -0.15) is 0 Å². The molecule has 2 saturated heterocycles. The quantitative estimate of drug-likeness (QED) is 0.538. The monoisotopic (exact) mass is 306 g/mol. The molecule has 0 N–H and O–H groups in total. The summed E-state index contributed by atoms with van der Waals surface area (Å²) >= 11 is 2.75. The molecule has 14 heavy (non-hydrogen) atoms. The maximum Gasteiger partial charge on any atom is 0.0548 e.